The maximum absolute atomic E-state index is 12.5. The summed E-state index contributed by atoms with van der Waals surface area (Å²) in [5.74, 6) is -0.701. The van der Waals surface area contributed by atoms with Crippen LogP contribution in [0.15, 0.2) is 10.7 Å². The topological polar surface area (TPSA) is 92.9 Å². The number of aliphatic carboxylic acids is 1. The Kier molecular flexibility index (Phi) is 3.44. The molecule has 1 aliphatic carbocycles. The van der Waals surface area contributed by atoms with E-state index in [0.29, 0.717) is 25.3 Å². The number of carboxylic acid groups (broad SMARTS) is 1. The maximum Gasteiger partial charge on any atom is 0.311 e. The van der Waals surface area contributed by atoms with Gasteiger partial charge in [0.1, 0.15) is 12.9 Å². The largest absolute Gasteiger partial charge is 0.481 e. The normalized spacial score (nSPS) is 27.9. The summed E-state index contributed by atoms with van der Waals surface area (Å²) < 4.78 is 10.1. The lowest BCUT2D eigenvalue weighted by atomic mass is 9.82. The van der Waals surface area contributed by atoms with E-state index >= 15 is 0 Å². The first kappa shape index (κ1) is 14.1. The van der Waals surface area contributed by atoms with Crippen molar-refractivity contribution in [3.8, 4) is 0 Å². The molecule has 0 radical (unpaired) electrons. The molecule has 1 aromatic rings. The molecule has 2 aliphatic rings. The van der Waals surface area contributed by atoms with Crippen LogP contribution in [-0.4, -0.2) is 46.6 Å². The second kappa shape index (κ2) is 5.14. The van der Waals surface area contributed by atoms with Crippen LogP contribution in [0, 0.1) is 5.41 Å². The number of aromatic nitrogens is 1. The molecule has 3 rings (SSSR count). The Hall–Kier alpha value is -1.89. The molecule has 2 heterocycles. The minimum absolute atomic E-state index is 0.204. The van der Waals surface area contributed by atoms with Gasteiger partial charge in [0, 0.05) is 19.7 Å². The Morgan fingerprint density at radius 1 is 1.57 bits per heavy atom. The number of carbonyl (C=O) groups is 2. The highest BCUT2D eigenvalue weighted by molar-refractivity contribution is 5.93. The number of nitrogens with zero attached hydrogens (tertiary/aromatic N) is 2. The van der Waals surface area contributed by atoms with E-state index in [1.165, 1.54) is 13.4 Å². The van der Waals surface area contributed by atoms with Crippen molar-refractivity contribution < 1.29 is 23.8 Å². The van der Waals surface area contributed by atoms with Crippen molar-refractivity contribution in [2.75, 3.05) is 13.7 Å². The van der Waals surface area contributed by atoms with E-state index in [9.17, 15) is 14.7 Å². The van der Waals surface area contributed by atoms with Crippen LogP contribution in [0.1, 0.15) is 42.1 Å². The van der Waals surface area contributed by atoms with Gasteiger partial charge in [-0.1, -0.05) is 6.42 Å². The van der Waals surface area contributed by atoms with Crippen molar-refractivity contribution in [2.24, 2.45) is 5.41 Å². The smallest absolute Gasteiger partial charge is 0.311 e. The van der Waals surface area contributed by atoms with Gasteiger partial charge in [-0.15, -0.1) is 0 Å². The molecule has 114 valence electrons. The van der Waals surface area contributed by atoms with E-state index in [2.05, 4.69) is 4.98 Å². The molecule has 1 amide bonds. The number of rotatable bonds is 4. The SMILES string of the molecule is COCc1nc(C(=O)N2CC[C@]3(C(=O)O)CCC[C@H]23)co1. The molecule has 21 heavy (non-hydrogen) atoms. The number of likely N-dealkylation sites (tertiary alicyclic amines) is 1. The zero-order valence-electron chi connectivity index (χ0n) is 11.9. The second-order valence-corrected chi connectivity index (χ2v) is 5.68. The lowest BCUT2D eigenvalue weighted by Crippen LogP contribution is -2.43. The minimum Gasteiger partial charge on any atom is -0.481 e. The van der Waals surface area contributed by atoms with Crippen LogP contribution < -0.4 is 0 Å². The predicted molar refractivity (Wildman–Crippen MR) is 70.6 cm³/mol. The Bertz CT molecular complexity index is 569. The van der Waals surface area contributed by atoms with Gasteiger partial charge in [-0.25, -0.2) is 4.98 Å². The van der Waals surface area contributed by atoms with Gasteiger partial charge in [-0.2, -0.15) is 0 Å². The quantitative estimate of drug-likeness (QED) is 0.899. The van der Waals surface area contributed by atoms with Gasteiger partial charge in [0.05, 0.1) is 5.41 Å². The second-order valence-electron chi connectivity index (χ2n) is 5.68. The molecule has 7 heteroatoms. The standard InChI is InChI=1S/C14H18N2O5/c1-20-8-11-15-9(7-21-11)12(17)16-6-5-14(13(18)19)4-2-3-10(14)16/h7,10H,2-6,8H2,1H3,(H,18,19)/t10-,14+/m0/s1. The third kappa shape index (κ3) is 2.12. The van der Waals surface area contributed by atoms with Crippen LogP contribution in [0.25, 0.3) is 0 Å². The van der Waals surface area contributed by atoms with Crippen molar-refractivity contribution in [1.82, 2.24) is 9.88 Å². The zero-order chi connectivity index (χ0) is 15.0. The van der Waals surface area contributed by atoms with E-state index in [-0.39, 0.29) is 24.2 Å². The number of carboxylic acids is 1. The third-order valence-electron chi connectivity index (χ3n) is 4.64. The van der Waals surface area contributed by atoms with E-state index in [4.69, 9.17) is 9.15 Å². The fourth-order valence-corrected chi connectivity index (χ4v) is 3.62. The van der Waals surface area contributed by atoms with E-state index in [1.54, 1.807) is 4.90 Å². The summed E-state index contributed by atoms with van der Waals surface area (Å²) in [6.45, 7) is 0.665. The molecule has 2 atom stereocenters. The molecule has 1 aliphatic heterocycles. The first-order valence-electron chi connectivity index (χ1n) is 7.06. The Balaban J connectivity index is 1.81. The molecule has 0 bridgehead atoms. The summed E-state index contributed by atoms with van der Waals surface area (Å²) in [7, 11) is 1.52. The van der Waals surface area contributed by atoms with Gasteiger partial charge in [-0.3, -0.25) is 9.59 Å². The van der Waals surface area contributed by atoms with Gasteiger partial charge >= 0.3 is 5.97 Å². The molecule has 1 saturated heterocycles. The number of hydrogen-bond acceptors (Lipinski definition) is 5. The summed E-state index contributed by atoms with van der Waals surface area (Å²) in [6, 6.07) is -0.231. The summed E-state index contributed by atoms with van der Waals surface area (Å²) in [4.78, 5) is 29.9. The Morgan fingerprint density at radius 3 is 3.10 bits per heavy atom. The van der Waals surface area contributed by atoms with Gasteiger partial charge in [-0.05, 0) is 19.3 Å². The highest BCUT2D eigenvalue weighted by Gasteiger charge is 2.57. The van der Waals surface area contributed by atoms with Gasteiger partial charge in [0.2, 0.25) is 5.89 Å². The summed E-state index contributed by atoms with van der Waals surface area (Å²) in [5.41, 5.74) is -0.551. The van der Waals surface area contributed by atoms with Crippen LogP contribution in [0.4, 0.5) is 0 Å². The molecular formula is C14H18N2O5. The van der Waals surface area contributed by atoms with Crippen molar-refractivity contribution in [2.45, 2.75) is 38.3 Å². The summed E-state index contributed by atoms with van der Waals surface area (Å²) in [5, 5.41) is 9.53. The molecule has 7 nitrogen and oxygen atoms in total. The molecule has 1 N–H and O–H groups in total. The molecule has 2 fully saturated rings. The maximum atomic E-state index is 12.5. The number of hydrogen-bond donors (Lipinski definition) is 1. The van der Waals surface area contributed by atoms with Crippen LogP contribution in [-0.2, 0) is 16.1 Å². The number of amides is 1. The van der Waals surface area contributed by atoms with E-state index in [0.717, 1.165) is 12.8 Å². The number of ether oxygens (including phenoxy) is 1. The van der Waals surface area contributed by atoms with Crippen LogP contribution >= 0.6 is 0 Å². The minimum atomic E-state index is -0.791. The summed E-state index contributed by atoms with van der Waals surface area (Å²) in [6.07, 6.45) is 4.05. The van der Waals surface area contributed by atoms with Gasteiger partial charge in [0.15, 0.2) is 5.69 Å². The van der Waals surface area contributed by atoms with E-state index in [1.807, 2.05) is 0 Å². The Morgan fingerprint density at radius 2 is 2.38 bits per heavy atom. The van der Waals surface area contributed by atoms with Crippen molar-refractivity contribution in [1.29, 1.82) is 0 Å². The zero-order valence-corrected chi connectivity index (χ0v) is 11.9. The molecule has 1 saturated carbocycles. The highest BCUT2D eigenvalue weighted by atomic mass is 16.5. The van der Waals surface area contributed by atoms with Crippen molar-refractivity contribution >= 4 is 11.9 Å². The van der Waals surface area contributed by atoms with Crippen LogP contribution in [0.5, 0.6) is 0 Å². The van der Waals surface area contributed by atoms with E-state index < -0.39 is 11.4 Å². The highest BCUT2D eigenvalue weighted by Crippen LogP contribution is 2.49. The molecule has 0 unspecified atom stereocenters. The fraction of sp³-hybridized carbons (Fsp3) is 0.643. The number of oxazole rings is 1. The number of methoxy groups -OCH3 is 1. The Labute approximate surface area is 121 Å². The van der Waals surface area contributed by atoms with Gasteiger partial charge < -0.3 is 19.2 Å². The lowest BCUT2D eigenvalue weighted by Gasteiger charge is -2.28. The molecular weight excluding hydrogens is 276 g/mol. The fourth-order valence-electron chi connectivity index (χ4n) is 3.62. The van der Waals surface area contributed by atoms with Gasteiger partial charge in [0.25, 0.3) is 5.91 Å². The molecule has 1 aromatic heterocycles. The van der Waals surface area contributed by atoms with Crippen LogP contribution in [0.2, 0.25) is 0 Å². The average Bonchev–Trinajstić information content (AvgIpc) is 3.12. The average molecular weight is 294 g/mol. The van der Waals surface area contributed by atoms with Crippen LogP contribution in [0.3, 0.4) is 0 Å². The third-order valence-corrected chi connectivity index (χ3v) is 4.64. The molecule has 0 spiro atoms. The number of fused-ring (bicyclic) bond motifs is 1. The van der Waals surface area contributed by atoms with Crippen molar-refractivity contribution in [3.05, 3.63) is 17.8 Å². The first-order valence-corrected chi connectivity index (χ1v) is 7.06. The monoisotopic (exact) mass is 294 g/mol. The summed E-state index contributed by atoms with van der Waals surface area (Å²) >= 11 is 0. The molecule has 0 aromatic carbocycles. The number of carbonyl (C=O) groups excluding carboxylic acids is 1. The first-order chi connectivity index (χ1) is 10.1. The predicted octanol–water partition coefficient (Wildman–Crippen LogP) is 1.29. The van der Waals surface area contributed by atoms with Crippen molar-refractivity contribution in [3.63, 3.8) is 0 Å². The lowest BCUT2D eigenvalue weighted by molar-refractivity contribution is -0.149.